The van der Waals surface area contributed by atoms with E-state index in [4.69, 9.17) is 14.2 Å². The highest BCUT2D eigenvalue weighted by Gasteiger charge is 2.13. The van der Waals surface area contributed by atoms with E-state index in [-0.39, 0.29) is 0 Å². The first kappa shape index (κ1) is 19.8. The highest BCUT2D eigenvalue weighted by molar-refractivity contribution is 7.09. The number of aryl methyl sites for hydroxylation is 1. The number of rotatable bonds is 8. The van der Waals surface area contributed by atoms with E-state index in [1.807, 2.05) is 19.1 Å². The van der Waals surface area contributed by atoms with Gasteiger partial charge in [-0.05, 0) is 6.92 Å². The molecule has 1 aromatic heterocycles. The summed E-state index contributed by atoms with van der Waals surface area (Å²) in [6, 6.07) is 3.67. The lowest BCUT2D eigenvalue weighted by Gasteiger charge is -2.17. The first-order valence-electron chi connectivity index (χ1n) is 8.25. The second kappa shape index (κ2) is 9.86. The van der Waals surface area contributed by atoms with E-state index in [1.165, 1.54) is 0 Å². The summed E-state index contributed by atoms with van der Waals surface area (Å²) in [5.74, 6) is 2.78. The average Bonchev–Trinajstić information content (AvgIpc) is 3.08. The largest absolute Gasteiger partial charge is 0.496 e. The van der Waals surface area contributed by atoms with E-state index < -0.39 is 0 Å². The Labute approximate surface area is 158 Å². The van der Waals surface area contributed by atoms with Gasteiger partial charge >= 0.3 is 0 Å². The van der Waals surface area contributed by atoms with Crippen molar-refractivity contribution in [3.8, 4) is 17.2 Å². The fourth-order valence-corrected chi connectivity index (χ4v) is 3.12. The van der Waals surface area contributed by atoms with Crippen molar-refractivity contribution in [2.24, 2.45) is 4.99 Å². The quantitative estimate of drug-likeness (QED) is 0.543. The zero-order chi connectivity index (χ0) is 18.9. The number of methoxy groups -OCH3 is 3. The van der Waals surface area contributed by atoms with Gasteiger partial charge < -0.3 is 24.8 Å². The van der Waals surface area contributed by atoms with Crippen LogP contribution in [0, 0.1) is 6.92 Å². The lowest BCUT2D eigenvalue weighted by molar-refractivity contribution is 0.368. The van der Waals surface area contributed by atoms with Gasteiger partial charge in [0.15, 0.2) is 5.96 Å². The molecule has 0 amide bonds. The van der Waals surface area contributed by atoms with E-state index in [2.05, 4.69) is 26.0 Å². The number of nitrogens with zero attached hydrogens (tertiary/aromatic N) is 2. The maximum absolute atomic E-state index is 5.47. The van der Waals surface area contributed by atoms with Gasteiger partial charge in [-0.1, -0.05) is 0 Å². The Morgan fingerprint density at radius 2 is 1.81 bits per heavy atom. The van der Waals surface area contributed by atoms with Crippen molar-refractivity contribution < 1.29 is 14.2 Å². The Kier molecular flexibility index (Phi) is 7.53. The van der Waals surface area contributed by atoms with Gasteiger partial charge in [-0.3, -0.25) is 4.99 Å². The molecular weight excluding hydrogens is 352 g/mol. The number of ether oxygens (including phenoxy) is 3. The van der Waals surface area contributed by atoms with Crippen LogP contribution in [-0.2, 0) is 13.0 Å². The van der Waals surface area contributed by atoms with Gasteiger partial charge in [0, 0.05) is 37.5 Å². The van der Waals surface area contributed by atoms with Crippen molar-refractivity contribution in [2.45, 2.75) is 19.9 Å². The van der Waals surface area contributed by atoms with E-state index in [0.29, 0.717) is 29.8 Å². The fraction of sp³-hybridized carbons (Fsp3) is 0.444. The topological polar surface area (TPSA) is 77.0 Å². The third-order valence-corrected chi connectivity index (χ3v) is 4.64. The van der Waals surface area contributed by atoms with Crippen LogP contribution in [0.3, 0.4) is 0 Å². The predicted molar refractivity (Wildman–Crippen MR) is 105 cm³/mol. The molecule has 7 nitrogen and oxygen atoms in total. The first-order valence-corrected chi connectivity index (χ1v) is 9.13. The van der Waals surface area contributed by atoms with Gasteiger partial charge in [0.05, 0.1) is 44.1 Å². The number of benzene rings is 1. The number of nitrogens with one attached hydrogen (secondary N) is 2. The predicted octanol–water partition coefficient (Wildman–Crippen LogP) is 2.39. The molecule has 142 valence electrons. The second-order valence-electron chi connectivity index (χ2n) is 5.47. The summed E-state index contributed by atoms with van der Waals surface area (Å²) < 4.78 is 16.2. The smallest absolute Gasteiger partial charge is 0.191 e. The monoisotopic (exact) mass is 378 g/mol. The molecule has 26 heavy (non-hydrogen) atoms. The van der Waals surface area contributed by atoms with Crippen LogP contribution in [0.15, 0.2) is 22.5 Å². The number of hydrogen-bond donors (Lipinski definition) is 2. The summed E-state index contributed by atoms with van der Waals surface area (Å²) in [5.41, 5.74) is 1.99. The minimum Gasteiger partial charge on any atom is -0.496 e. The molecule has 0 atom stereocenters. The molecule has 0 fully saturated rings. The molecule has 0 aliphatic heterocycles. The zero-order valence-electron chi connectivity index (χ0n) is 15.9. The van der Waals surface area contributed by atoms with Gasteiger partial charge in [0.25, 0.3) is 0 Å². The van der Waals surface area contributed by atoms with Crippen molar-refractivity contribution in [2.75, 3.05) is 34.9 Å². The molecular formula is C18H26N4O3S. The van der Waals surface area contributed by atoms with Gasteiger partial charge in [-0.25, -0.2) is 4.98 Å². The lowest BCUT2D eigenvalue weighted by Crippen LogP contribution is -2.38. The third-order valence-electron chi connectivity index (χ3n) is 3.81. The van der Waals surface area contributed by atoms with E-state index in [0.717, 1.165) is 29.2 Å². The van der Waals surface area contributed by atoms with Crippen LogP contribution in [0.2, 0.25) is 0 Å². The van der Waals surface area contributed by atoms with Crippen LogP contribution in [0.1, 0.15) is 16.3 Å². The number of aromatic nitrogens is 1. The number of thiazole rings is 1. The summed E-state index contributed by atoms with van der Waals surface area (Å²) in [5, 5.41) is 9.74. The maximum Gasteiger partial charge on any atom is 0.191 e. The highest BCUT2D eigenvalue weighted by Crippen LogP contribution is 2.33. The van der Waals surface area contributed by atoms with Crippen molar-refractivity contribution in [3.05, 3.63) is 33.8 Å². The molecule has 2 N–H and O–H groups in total. The fourth-order valence-electron chi connectivity index (χ4n) is 2.48. The van der Waals surface area contributed by atoms with Crippen molar-refractivity contribution in [1.82, 2.24) is 15.6 Å². The second-order valence-corrected chi connectivity index (χ2v) is 6.53. The Morgan fingerprint density at radius 3 is 2.31 bits per heavy atom. The third kappa shape index (κ3) is 5.26. The molecule has 1 aromatic carbocycles. The summed E-state index contributed by atoms with van der Waals surface area (Å²) in [6.45, 7) is 3.27. The van der Waals surface area contributed by atoms with Crippen LogP contribution >= 0.6 is 11.3 Å². The SMILES string of the molecule is CN=C(NCCc1csc(C)n1)NCc1c(OC)cc(OC)cc1OC. The Balaban J connectivity index is 1.97. The number of guanidine groups is 1. The van der Waals surface area contributed by atoms with Gasteiger partial charge in [-0.2, -0.15) is 0 Å². The van der Waals surface area contributed by atoms with Crippen LogP contribution in [0.25, 0.3) is 0 Å². The zero-order valence-corrected chi connectivity index (χ0v) is 16.7. The maximum atomic E-state index is 5.47. The molecule has 2 aromatic rings. The number of aliphatic imine (C=N–C) groups is 1. The molecule has 8 heteroatoms. The van der Waals surface area contributed by atoms with E-state index in [9.17, 15) is 0 Å². The van der Waals surface area contributed by atoms with Crippen LogP contribution in [-0.4, -0.2) is 45.9 Å². The molecule has 1 heterocycles. The molecule has 0 aliphatic rings. The molecule has 0 unspecified atom stereocenters. The Bertz CT molecular complexity index is 721. The summed E-state index contributed by atoms with van der Waals surface area (Å²) >= 11 is 1.66. The van der Waals surface area contributed by atoms with Crippen molar-refractivity contribution in [3.63, 3.8) is 0 Å². The molecule has 0 aliphatic carbocycles. The minimum atomic E-state index is 0.506. The molecule has 0 radical (unpaired) electrons. The van der Waals surface area contributed by atoms with E-state index in [1.54, 1.807) is 39.7 Å². The summed E-state index contributed by atoms with van der Waals surface area (Å²) in [6.07, 6.45) is 0.847. The summed E-state index contributed by atoms with van der Waals surface area (Å²) in [7, 11) is 6.60. The molecule has 2 rings (SSSR count). The Morgan fingerprint density at radius 1 is 1.12 bits per heavy atom. The number of hydrogen-bond acceptors (Lipinski definition) is 6. The van der Waals surface area contributed by atoms with Crippen LogP contribution in [0.5, 0.6) is 17.2 Å². The first-order chi connectivity index (χ1) is 12.6. The molecule has 0 spiro atoms. The highest BCUT2D eigenvalue weighted by atomic mass is 32.1. The summed E-state index contributed by atoms with van der Waals surface area (Å²) in [4.78, 5) is 8.72. The molecule has 0 saturated carbocycles. The molecule has 0 bridgehead atoms. The van der Waals surface area contributed by atoms with Gasteiger partial charge in [0.2, 0.25) is 0 Å². The normalized spacial score (nSPS) is 11.2. The molecule has 0 saturated heterocycles. The van der Waals surface area contributed by atoms with Crippen molar-refractivity contribution >= 4 is 17.3 Å². The minimum absolute atomic E-state index is 0.506. The van der Waals surface area contributed by atoms with E-state index >= 15 is 0 Å². The van der Waals surface area contributed by atoms with Gasteiger partial charge in [0.1, 0.15) is 17.2 Å². The average molecular weight is 378 g/mol. The Hall–Kier alpha value is -2.48. The lowest BCUT2D eigenvalue weighted by atomic mass is 10.1. The van der Waals surface area contributed by atoms with Crippen LogP contribution < -0.4 is 24.8 Å². The standard InChI is InChI=1S/C18H26N4O3S/c1-12-22-13(11-26-12)6-7-20-18(19-2)21-10-15-16(24-4)8-14(23-3)9-17(15)25-5/h8-9,11H,6-7,10H2,1-5H3,(H2,19,20,21). The van der Waals surface area contributed by atoms with Gasteiger partial charge in [-0.15, -0.1) is 11.3 Å². The van der Waals surface area contributed by atoms with Crippen molar-refractivity contribution in [1.29, 1.82) is 0 Å². The van der Waals surface area contributed by atoms with Crippen LogP contribution in [0.4, 0.5) is 0 Å².